The third-order valence-electron chi connectivity index (χ3n) is 3.81. The van der Waals surface area contributed by atoms with Crippen molar-refractivity contribution < 1.29 is 0 Å². The minimum Gasteiger partial charge on any atom is -0.367 e. The summed E-state index contributed by atoms with van der Waals surface area (Å²) in [5.41, 5.74) is 2.08. The maximum atomic E-state index is 4.41. The van der Waals surface area contributed by atoms with Gasteiger partial charge in [0.25, 0.3) is 0 Å². The molecule has 1 N–H and O–H groups in total. The Balaban J connectivity index is 1.62. The Morgan fingerprint density at radius 3 is 2.89 bits per heavy atom. The summed E-state index contributed by atoms with van der Waals surface area (Å²) in [5, 5.41) is 3.42. The van der Waals surface area contributed by atoms with Crippen LogP contribution < -0.4 is 5.32 Å². The van der Waals surface area contributed by atoms with E-state index in [2.05, 4.69) is 20.2 Å². The van der Waals surface area contributed by atoms with Crippen LogP contribution in [0.4, 0.5) is 5.82 Å². The van der Waals surface area contributed by atoms with Gasteiger partial charge in [-0.2, -0.15) is 0 Å². The summed E-state index contributed by atoms with van der Waals surface area (Å²) < 4.78 is 2.02. The van der Waals surface area contributed by atoms with E-state index in [1.54, 1.807) is 0 Å². The summed E-state index contributed by atoms with van der Waals surface area (Å²) in [6, 6.07) is 2.00. The van der Waals surface area contributed by atoms with Crippen LogP contribution >= 0.6 is 0 Å². The van der Waals surface area contributed by atoms with Gasteiger partial charge in [-0.25, -0.2) is 9.97 Å². The molecule has 1 aliphatic rings. The molecule has 0 spiro atoms. The average molecular weight is 259 g/mol. The predicted octanol–water partition coefficient (Wildman–Crippen LogP) is 1.87. The highest BCUT2D eigenvalue weighted by atomic mass is 15.2. The van der Waals surface area contributed by atoms with Gasteiger partial charge in [-0.3, -0.25) is 0 Å². The van der Waals surface area contributed by atoms with Gasteiger partial charge in [0, 0.05) is 26.3 Å². The molecular weight excluding hydrogens is 238 g/mol. The van der Waals surface area contributed by atoms with Crippen molar-refractivity contribution in [2.24, 2.45) is 7.05 Å². The molecule has 0 atom stereocenters. The maximum Gasteiger partial charge on any atom is 0.154 e. The minimum absolute atomic E-state index is 0.898. The molecule has 1 aliphatic heterocycles. The normalized spacial score (nSPS) is 16.9. The van der Waals surface area contributed by atoms with Crippen LogP contribution in [-0.4, -0.2) is 45.6 Å². The molecule has 0 saturated carbocycles. The number of hydrogen-bond acceptors (Lipinski definition) is 4. The second-order valence-corrected chi connectivity index (χ2v) is 5.21. The second kappa shape index (κ2) is 5.57. The molecule has 2 aromatic heterocycles. The summed E-state index contributed by atoms with van der Waals surface area (Å²) >= 11 is 0. The van der Waals surface area contributed by atoms with Gasteiger partial charge in [-0.05, 0) is 32.0 Å². The number of likely N-dealkylation sites (tertiary alicyclic amines) is 1. The summed E-state index contributed by atoms with van der Waals surface area (Å²) in [7, 11) is 2.01. The molecule has 0 unspecified atom stereocenters. The minimum atomic E-state index is 0.898. The molecular formula is C14H21N5. The van der Waals surface area contributed by atoms with Gasteiger partial charge in [0.05, 0.1) is 11.8 Å². The molecule has 3 heterocycles. The Hall–Kier alpha value is -1.62. The molecule has 1 saturated heterocycles. The van der Waals surface area contributed by atoms with Crippen LogP contribution in [0.25, 0.3) is 11.0 Å². The van der Waals surface area contributed by atoms with Crippen molar-refractivity contribution in [3.63, 3.8) is 0 Å². The molecule has 19 heavy (non-hydrogen) atoms. The number of rotatable bonds is 4. The molecule has 0 aliphatic carbocycles. The topological polar surface area (TPSA) is 46.0 Å². The highest BCUT2D eigenvalue weighted by Crippen LogP contribution is 2.18. The lowest BCUT2D eigenvalue weighted by Gasteiger charge is -2.26. The van der Waals surface area contributed by atoms with Crippen molar-refractivity contribution in [1.82, 2.24) is 19.4 Å². The number of imidazole rings is 1. The second-order valence-electron chi connectivity index (χ2n) is 5.21. The lowest BCUT2D eigenvalue weighted by atomic mass is 10.1. The van der Waals surface area contributed by atoms with E-state index >= 15 is 0 Å². The summed E-state index contributed by atoms with van der Waals surface area (Å²) in [6.07, 6.45) is 7.75. The van der Waals surface area contributed by atoms with E-state index in [1.807, 2.05) is 30.2 Å². The van der Waals surface area contributed by atoms with Crippen molar-refractivity contribution in [1.29, 1.82) is 0 Å². The van der Waals surface area contributed by atoms with Gasteiger partial charge < -0.3 is 14.8 Å². The molecule has 102 valence electrons. The Morgan fingerprint density at radius 2 is 2.05 bits per heavy atom. The zero-order valence-corrected chi connectivity index (χ0v) is 11.5. The van der Waals surface area contributed by atoms with Gasteiger partial charge in [-0.15, -0.1) is 0 Å². The van der Waals surface area contributed by atoms with Crippen LogP contribution in [0, 0.1) is 0 Å². The zero-order chi connectivity index (χ0) is 13.1. The highest BCUT2D eigenvalue weighted by Gasteiger charge is 2.10. The smallest absolute Gasteiger partial charge is 0.154 e. The largest absolute Gasteiger partial charge is 0.367 e. The van der Waals surface area contributed by atoms with Gasteiger partial charge in [0.2, 0.25) is 0 Å². The summed E-state index contributed by atoms with van der Waals surface area (Å²) in [5.74, 6) is 0.898. The van der Waals surface area contributed by atoms with E-state index in [9.17, 15) is 0 Å². The zero-order valence-electron chi connectivity index (χ0n) is 11.5. The molecule has 0 bridgehead atoms. The number of anilines is 1. The SMILES string of the molecule is Cn1cnc2c(NCCN3CCCCC3)nccc21. The molecule has 3 rings (SSSR count). The Bertz CT molecular complexity index is 542. The maximum absolute atomic E-state index is 4.41. The first-order valence-electron chi connectivity index (χ1n) is 7.07. The Kier molecular flexibility index (Phi) is 3.64. The molecule has 0 amide bonds. The Labute approximate surface area is 113 Å². The van der Waals surface area contributed by atoms with Crippen LogP contribution in [0.5, 0.6) is 0 Å². The van der Waals surface area contributed by atoms with Gasteiger partial charge in [0.15, 0.2) is 5.82 Å². The van der Waals surface area contributed by atoms with E-state index in [0.29, 0.717) is 0 Å². The number of pyridine rings is 1. The molecule has 5 nitrogen and oxygen atoms in total. The number of nitrogens with zero attached hydrogens (tertiary/aromatic N) is 4. The first kappa shape index (κ1) is 12.4. The number of fused-ring (bicyclic) bond motifs is 1. The van der Waals surface area contributed by atoms with Gasteiger partial charge >= 0.3 is 0 Å². The third-order valence-corrected chi connectivity index (χ3v) is 3.81. The molecule has 2 aromatic rings. The van der Waals surface area contributed by atoms with Crippen molar-refractivity contribution >= 4 is 16.9 Å². The van der Waals surface area contributed by atoms with Gasteiger partial charge in [-0.1, -0.05) is 6.42 Å². The number of aryl methyl sites for hydroxylation is 1. The van der Waals surface area contributed by atoms with Crippen LogP contribution in [0.3, 0.4) is 0 Å². The number of aromatic nitrogens is 3. The number of nitrogens with one attached hydrogen (secondary N) is 1. The van der Waals surface area contributed by atoms with E-state index in [1.165, 1.54) is 32.4 Å². The monoisotopic (exact) mass is 259 g/mol. The van der Waals surface area contributed by atoms with Crippen molar-refractivity contribution in [3.8, 4) is 0 Å². The van der Waals surface area contributed by atoms with E-state index in [-0.39, 0.29) is 0 Å². The van der Waals surface area contributed by atoms with Gasteiger partial charge in [0.1, 0.15) is 5.52 Å². The lowest BCUT2D eigenvalue weighted by molar-refractivity contribution is 0.237. The number of hydrogen-bond donors (Lipinski definition) is 1. The van der Waals surface area contributed by atoms with E-state index in [0.717, 1.165) is 29.9 Å². The van der Waals surface area contributed by atoms with Crippen molar-refractivity contribution in [2.45, 2.75) is 19.3 Å². The first-order valence-corrected chi connectivity index (χ1v) is 7.07. The fraction of sp³-hybridized carbons (Fsp3) is 0.571. The van der Waals surface area contributed by atoms with Crippen LogP contribution in [-0.2, 0) is 7.05 Å². The summed E-state index contributed by atoms with van der Waals surface area (Å²) in [4.78, 5) is 11.3. The standard InChI is InChI=1S/C14H21N5/c1-18-11-17-13-12(18)5-6-15-14(13)16-7-10-19-8-3-2-4-9-19/h5-6,11H,2-4,7-10H2,1H3,(H,15,16). The quantitative estimate of drug-likeness (QED) is 0.910. The van der Waals surface area contributed by atoms with E-state index < -0.39 is 0 Å². The van der Waals surface area contributed by atoms with Crippen molar-refractivity contribution in [2.75, 3.05) is 31.5 Å². The van der Waals surface area contributed by atoms with Crippen molar-refractivity contribution in [3.05, 3.63) is 18.6 Å². The Morgan fingerprint density at radius 1 is 1.21 bits per heavy atom. The molecule has 0 radical (unpaired) electrons. The highest BCUT2D eigenvalue weighted by molar-refractivity contribution is 5.85. The predicted molar refractivity (Wildman–Crippen MR) is 77.3 cm³/mol. The average Bonchev–Trinajstić information content (AvgIpc) is 2.83. The van der Waals surface area contributed by atoms with Crippen LogP contribution in [0.1, 0.15) is 19.3 Å². The van der Waals surface area contributed by atoms with Crippen LogP contribution in [0.15, 0.2) is 18.6 Å². The van der Waals surface area contributed by atoms with E-state index in [4.69, 9.17) is 0 Å². The summed E-state index contributed by atoms with van der Waals surface area (Å²) in [6.45, 7) is 4.50. The first-order chi connectivity index (χ1) is 9.34. The number of piperidine rings is 1. The van der Waals surface area contributed by atoms with Crippen LogP contribution in [0.2, 0.25) is 0 Å². The lowest BCUT2D eigenvalue weighted by Crippen LogP contribution is -2.33. The fourth-order valence-corrected chi connectivity index (χ4v) is 2.71. The molecule has 5 heteroatoms. The third kappa shape index (κ3) is 2.71. The molecule has 1 fully saturated rings. The fourth-order valence-electron chi connectivity index (χ4n) is 2.71. The molecule has 0 aromatic carbocycles.